The van der Waals surface area contributed by atoms with Gasteiger partial charge in [0.05, 0.1) is 29.4 Å². The summed E-state index contributed by atoms with van der Waals surface area (Å²) < 4.78 is 6.63. The number of hydrogen-bond donors (Lipinski definition) is 2. The van der Waals surface area contributed by atoms with Crippen molar-refractivity contribution in [2.45, 2.75) is 13.5 Å². The molecule has 1 heterocycles. The molecule has 10 heteroatoms. The first-order chi connectivity index (χ1) is 13.8. The summed E-state index contributed by atoms with van der Waals surface area (Å²) in [6.45, 7) is 2.09. The highest BCUT2D eigenvalue weighted by Crippen LogP contribution is 2.25. The maximum absolute atomic E-state index is 12.6. The zero-order valence-corrected chi connectivity index (χ0v) is 17.0. The van der Waals surface area contributed by atoms with Gasteiger partial charge in [-0.1, -0.05) is 34.5 Å². The molecule has 0 unspecified atom stereocenters. The summed E-state index contributed by atoms with van der Waals surface area (Å²) in [7, 11) is 1.35. The van der Waals surface area contributed by atoms with Crippen molar-refractivity contribution < 1.29 is 19.4 Å². The lowest BCUT2D eigenvalue weighted by atomic mass is 10.1. The summed E-state index contributed by atoms with van der Waals surface area (Å²) in [6, 6.07) is 9.47. The second-order valence-corrected chi connectivity index (χ2v) is 6.92. The maximum atomic E-state index is 12.6. The number of aromatic nitrogens is 3. The van der Waals surface area contributed by atoms with Gasteiger partial charge in [0, 0.05) is 11.8 Å². The molecule has 8 nitrogen and oxygen atoms in total. The Kier molecular flexibility index (Phi) is 6.05. The van der Waals surface area contributed by atoms with E-state index in [-0.39, 0.29) is 17.0 Å². The number of nitrogens with zero attached hydrogens (tertiary/aromatic N) is 3. The van der Waals surface area contributed by atoms with Gasteiger partial charge in [-0.3, -0.25) is 4.79 Å². The summed E-state index contributed by atoms with van der Waals surface area (Å²) in [5.41, 5.74) is 1.92. The van der Waals surface area contributed by atoms with Crippen molar-refractivity contribution in [3.8, 4) is 5.75 Å². The molecule has 0 saturated heterocycles. The van der Waals surface area contributed by atoms with Crippen LogP contribution in [-0.4, -0.2) is 39.1 Å². The number of carbonyl (C=O) groups excluding carboxylic acids is 1. The first-order valence-electron chi connectivity index (χ1n) is 8.37. The second kappa shape index (κ2) is 8.50. The van der Waals surface area contributed by atoms with Crippen LogP contribution in [0.5, 0.6) is 5.75 Å². The van der Waals surface area contributed by atoms with Gasteiger partial charge in [-0.2, -0.15) is 0 Å². The number of carboxylic acid groups (broad SMARTS) is 1. The number of amides is 1. The predicted molar refractivity (Wildman–Crippen MR) is 108 cm³/mol. The molecule has 150 valence electrons. The van der Waals surface area contributed by atoms with Crippen molar-refractivity contribution in [1.82, 2.24) is 15.0 Å². The van der Waals surface area contributed by atoms with Gasteiger partial charge in [-0.05, 0) is 36.8 Å². The van der Waals surface area contributed by atoms with E-state index in [2.05, 4.69) is 15.6 Å². The highest BCUT2D eigenvalue weighted by Gasteiger charge is 2.18. The Bertz CT molecular complexity index is 1100. The summed E-state index contributed by atoms with van der Waals surface area (Å²) in [5, 5.41) is 20.7. The summed E-state index contributed by atoms with van der Waals surface area (Å²) in [6.07, 6.45) is 0. The Hall–Kier alpha value is -3.10. The normalized spacial score (nSPS) is 10.6. The van der Waals surface area contributed by atoms with E-state index in [9.17, 15) is 9.59 Å². The number of halogens is 2. The van der Waals surface area contributed by atoms with Crippen molar-refractivity contribution in [3.05, 3.63) is 69.0 Å². The molecule has 0 aliphatic heterocycles. The van der Waals surface area contributed by atoms with Crippen LogP contribution in [0, 0.1) is 6.92 Å². The van der Waals surface area contributed by atoms with Crippen LogP contribution in [0.4, 0.5) is 5.69 Å². The molecule has 3 aromatic rings. The van der Waals surface area contributed by atoms with E-state index in [4.69, 9.17) is 33.0 Å². The van der Waals surface area contributed by atoms with Gasteiger partial charge < -0.3 is 15.2 Å². The Morgan fingerprint density at radius 1 is 1.17 bits per heavy atom. The second-order valence-electron chi connectivity index (χ2n) is 6.10. The predicted octanol–water partition coefficient (Wildman–Crippen LogP) is 3.90. The average molecular weight is 435 g/mol. The number of ether oxygens (including phenoxy) is 1. The van der Waals surface area contributed by atoms with Crippen molar-refractivity contribution in [2.24, 2.45) is 0 Å². The number of aromatic carboxylic acids is 1. The Morgan fingerprint density at radius 3 is 2.59 bits per heavy atom. The lowest BCUT2D eigenvalue weighted by molar-refractivity contribution is 0.0693. The maximum Gasteiger partial charge on any atom is 0.339 e. The van der Waals surface area contributed by atoms with E-state index in [0.717, 1.165) is 5.56 Å². The molecule has 2 N–H and O–H groups in total. The van der Waals surface area contributed by atoms with E-state index in [1.54, 1.807) is 23.7 Å². The molecule has 1 aromatic heterocycles. The van der Waals surface area contributed by atoms with Gasteiger partial charge in [-0.25, -0.2) is 9.48 Å². The number of methoxy groups -OCH3 is 1. The first kappa shape index (κ1) is 20.6. The van der Waals surface area contributed by atoms with Crippen molar-refractivity contribution >= 4 is 40.8 Å². The fraction of sp³-hybridized carbons (Fsp3) is 0.158. The summed E-state index contributed by atoms with van der Waals surface area (Å²) in [5.74, 6) is -1.47. The van der Waals surface area contributed by atoms with Crippen LogP contribution in [-0.2, 0) is 6.54 Å². The van der Waals surface area contributed by atoms with Crippen LogP contribution < -0.4 is 10.1 Å². The molecule has 0 fully saturated rings. The monoisotopic (exact) mass is 434 g/mol. The summed E-state index contributed by atoms with van der Waals surface area (Å²) >= 11 is 12.0. The molecule has 0 aliphatic rings. The molecule has 2 aromatic carbocycles. The minimum atomic E-state index is -1.12. The van der Waals surface area contributed by atoms with E-state index >= 15 is 0 Å². The Balaban J connectivity index is 1.78. The number of hydrogen-bond acceptors (Lipinski definition) is 5. The van der Waals surface area contributed by atoms with Gasteiger partial charge in [0.25, 0.3) is 5.91 Å². The number of nitrogens with one attached hydrogen (secondary N) is 1. The fourth-order valence-electron chi connectivity index (χ4n) is 2.67. The van der Waals surface area contributed by atoms with Crippen LogP contribution >= 0.6 is 23.2 Å². The number of benzene rings is 2. The molecular formula is C19H16Cl2N4O4. The minimum Gasteiger partial charge on any atom is -0.496 e. The lowest BCUT2D eigenvalue weighted by Gasteiger charge is -2.09. The highest BCUT2D eigenvalue weighted by atomic mass is 35.5. The number of carboxylic acids is 1. The smallest absolute Gasteiger partial charge is 0.339 e. The largest absolute Gasteiger partial charge is 0.496 e. The molecular weight excluding hydrogens is 419 g/mol. The molecule has 29 heavy (non-hydrogen) atoms. The molecule has 0 bridgehead atoms. The molecule has 0 aliphatic carbocycles. The minimum absolute atomic E-state index is 0.00532. The van der Waals surface area contributed by atoms with Crippen LogP contribution in [0.3, 0.4) is 0 Å². The molecule has 0 saturated carbocycles. The van der Waals surface area contributed by atoms with Gasteiger partial charge in [-0.15, -0.1) is 5.10 Å². The summed E-state index contributed by atoms with van der Waals surface area (Å²) in [4.78, 5) is 23.8. The molecule has 0 atom stereocenters. The molecule has 3 rings (SSSR count). The van der Waals surface area contributed by atoms with Gasteiger partial charge >= 0.3 is 5.97 Å². The van der Waals surface area contributed by atoms with E-state index in [0.29, 0.717) is 28.0 Å². The van der Waals surface area contributed by atoms with Crippen LogP contribution in [0.15, 0.2) is 36.4 Å². The van der Waals surface area contributed by atoms with Crippen molar-refractivity contribution in [1.29, 1.82) is 0 Å². The third-order valence-electron chi connectivity index (χ3n) is 4.20. The Labute approximate surface area is 176 Å². The van der Waals surface area contributed by atoms with Crippen molar-refractivity contribution in [3.63, 3.8) is 0 Å². The Morgan fingerprint density at radius 2 is 1.93 bits per heavy atom. The molecule has 1 amide bonds. The quantitative estimate of drug-likeness (QED) is 0.609. The van der Waals surface area contributed by atoms with E-state index in [1.807, 2.05) is 6.07 Å². The van der Waals surface area contributed by atoms with Crippen LogP contribution in [0.1, 0.15) is 32.1 Å². The van der Waals surface area contributed by atoms with Gasteiger partial charge in [0.15, 0.2) is 5.69 Å². The van der Waals surface area contributed by atoms with E-state index in [1.165, 1.54) is 25.3 Å². The van der Waals surface area contributed by atoms with Gasteiger partial charge in [0.2, 0.25) is 0 Å². The lowest BCUT2D eigenvalue weighted by Crippen LogP contribution is -2.15. The SMILES string of the molecule is COc1cc(NC(=O)c2nnn(Cc3ccc(Cl)c(Cl)c3)c2C)ccc1C(=O)O. The first-order valence-corrected chi connectivity index (χ1v) is 9.12. The van der Waals surface area contributed by atoms with Crippen LogP contribution in [0.2, 0.25) is 10.0 Å². The van der Waals surface area contributed by atoms with Crippen molar-refractivity contribution in [2.75, 3.05) is 12.4 Å². The zero-order chi connectivity index (χ0) is 21.1. The van der Waals surface area contributed by atoms with Gasteiger partial charge in [0.1, 0.15) is 11.3 Å². The standard InChI is InChI=1S/C19H16Cl2N4O4/c1-10-17(23-24-25(10)9-11-3-6-14(20)15(21)7-11)18(26)22-12-4-5-13(19(27)28)16(8-12)29-2/h3-8H,9H2,1-2H3,(H,22,26)(H,27,28). The molecule has 0 spiro atoms. The average Bonchev–Trinajstić information content (AvgIpc) is 3.04. The number of carbonyl (C=O) groups is 2. The third-order valence-corrected chi connectivity index (χ3v) is 4.94. The van der Waals surface area contributed by atoms with E-state index < -0.39 is 11.9 Å². The highest BCUT2D eigenvalue weighted by molar-refractivity contribution is 6.42. The topological polar surface area (TPSA) is 106 Å². The number of anilines is 1. The van der Waals surface area contributed by atoms with Crippen LogP contribution in [0.25, 0.3) is 0 Å². The number of rotatable bonds is 6. The molecule has 0 radical (unpaired) electrons. The fourth-order valence-corrected chi connectivity index (χ4v) is 2.99. The third kappa shape index (κ3) is 4.49. The zero-order valence-electron chi connectivity index (χ0n) is 15.4.